The molecule has 26 heavy (non-hydrogen) atoms. The predicted molar refractivity (Wildman–Crippen MR) is 102 cm³/mol. The third-order valence-electron chi connectivity index (χ3n) is 4.42. The quantitative estimate of drug-likeness (QED) is 0.627. The lowest BCUT2D eigenvalue weighted by molar-refractivity contribution is 0.0394. The average Bonchev–Trinajstić information content (AvgIpc) is 2.69. The highest BCUT2D eigenvalue weighted by Gasteiger charge is 2.23. The molecule has 1 aliphatic rings. The SMILES string of the molecule is Fc1ccc(-c2ccc(N3CCOC(c4ccc(Br)cc4)C3)nn2)cc1. The molecule has 1 atom stereocenters. The second-order valence-corrected chi connectivity index (χ2v) is 7.06. The fraction of sp³-hybridized carbons (Fsp3) is 0.200. The second-order valence-electron chi connectivity index (χ2n) is 6.14. The van der Waals surface area contributed by atoms with E-state index in [1.807, 2.05) is 24.3 Å². The molecule has 0 radical (unpaired) electrons. The third-order valence-corrected chi connectivity index (χ3v) is 4.95. The molecule has 1 saturated heterocycles. The smallest absolute Gasteiger partial charge is 0.151 e. The van der Waals surface area contributed by atoms with Crippen molar-refractivity contribution in [3.05, 3.63) is 76.5 Å². The number of hydrogen-bond donors (Lipinski definition) is 0. The van der Waals surface area contributed by atoms with E-state index in [0.29, 0.717) is 6.61 Å². The van der Waals surface area contributed by atoms with Crippen LogP contribution in [0, 0.1) is 5.82 Å². The number of hydrogen-bond acceptors (Lipinski definition) is 4. The lowest BCUT2D eigenvalue weighted by atomic mass is 10.1. The van der Waals surface area contributed by atoms with Gasteiger partial charge in [-0.3, -0.25) is 0 Å². The number of nitrogens with zero attached hydrogens (tertiary/aromatic N) is 3. The van der Waals surface area contributed by atoms with Gasteiger partial charge in [0.25, 0.3) is 0 Å². The van der Waals surface area contributed by atoms with Gasteiger partial charge in [0.1, 0.15) is 11.9 Å². The molecule has 1 aliphatic heterocycles. The Labute approximate surface area is 159 Å². The molecule has 132 valence electrons. The van der Waals surface area contributed by atoms with Gasteiger partial charge in [-0.2, -0.15) is 0 Å². The molecule has 1 aromatic heterocycles. The maximum absolute atomic E-state index is 13.1. The van der Waals surface area contributed by atoms with Crippen molar-refractivity contribution in [2.75, 3.05) is 24.6 Å². The Morgan fingerprint density at radius 1 is 0.962 bits per heavy atom. The number of ether oxygens (including phenoxy) is 1. The fourth-order valence-electron chi connectivity index (χ4n) is 3.00. The molecule has 3 aromatic rings. The minimum Gasteiger partial charge on any atom is -0.370 e. The molecule has 6 heteroatoms. The zero-order valence-corrected chi connectivity index (χ0v) is 15.6. The van der Waals surface area contributed by atoms with Crippen LogP contribution in [-0.2, 0) is 4.74 Å². The van der Waals surface area contributed by atoms with Crippen LogP contribution in [0.1, 0.15) is 11.7 Å². The van der Waals surface area contributed by atoms with Crippen molar-refractivity contribution < 1.29 is 9.13 Å². The van der Waals surface area contributed by atoms with Crippen molar-refractivity contribution in [2.24, 2.45) is 0 Å². The minimum atomic E-state index is -0.259. The summed E-state index contributed by atoms with van der Waals surface area (Å²) in [6, 6.07) is 18.3. The Morgan fingerprint density at radius 3 is 2.42 bits per heavy atom. The maximum Gasteiger partial charge on any atom is 0.151 e. The summed E-state index contributed by atoms with van der Waals surface area (Å²) >= 11 is 3.46. The highest BCUT2D eigenvalue weighted by Crippen LogP contribution is 2.27. The van der Waals surface area contributed by atoms with Crippen LogP contribution in [0.5, 0.6) is 0 Å². The Balaban J connectivity index is 1.50. The molecule has 0 saturated carbocycles. The second kappa shape index (κ2) is 7.51. The number of rotatable bonds is 3. The molecule has 4 rings (SSSR count). The van der Waals surface area contributed by atoms with E-state index in [1.54, 1.807) is 12.1 Å². The largest absolute Gasteiger partial charge is 0.370 e. The van der Waals surface area contributed by atoms with Crippen molar-refractivity contribution in [3.63, 3.8) is 0 Å². The summed E-state index contributed by atoms with van der Waals surface area (Å²) in [5.74, 6) is 0.562. The van der Waals surface area contributed by atoms with Crippen LogP contribution in [0.4, 0.5) is 10.2 Å². The lowest BCUT2D eigenvalue weighted by Crippen LogP contribution is -2.38. The van der Waals surface area contributed by atoms with E-state index in [9.17, 15) is 4.39 Å². The van der Waals surface area contributed by atoms with Crippen LogP contribution in [0.2, 0.25) is 0 Å². The van der Waals surface area contributed by atoms with Crippen LogP contribution in [0.25, 0.3) is 11.3 Å². The highest BCUT2D eigenvalue weighted by atomic mass is 79.9. The fourth-order valence-corrected chi connectivity index (χ4v) is 3.27. The van der Waals surface area contributed by atoms with E-state index in [4.69, 9.17) is 4.74 Å². The Bertz CT molecular complexity index is 869. The van der Waals surface area contributed by atoms with Crippen LogP contribution in [-0.4, -0.2) is 29.9 Å². The Kier molecular flexibility index (Phi) is 4.95. The summed E-state index contributed by atoms with van der Waals surface area (Å²) in [6.07, 6.45) is 0.00965. The monoisotopic (exact) mass is 413 g/mol. The molecule has 2 heterocycles. The Hall–Kier alpha value is -2.31. The van der Waals surface area contributed by atoms with Gasteiger partial charge in [-0.05, 0) is 54.1 Å². The van der Waals surface area contributed by atoms with Gasteiger partial charge in [0, 0.05) is 23.1 Å². The van der Waals surface area contributed by atoms with Crippen LogP contribution < -0.4 is 4.90 Å². The van der Waals surface area contributed by atoms with Gasteiger partial charge in [-0.15, -0.1) is 10.2 Å². The molecular weight excluding hydrogens is 397 g/mol. The van der Waals surface area contributed by atoms with Gasteiger partial charge in [0.2, 0.25) is 0 Å². The summed E-state index contributed by atoms with van der Waals surface area (Å²) in [5.41, 5.74) is 2.72. The normalized spacial score (nSPS) is 17.3. The molecule has 0 spiro atoms. The van der Waals surface area contributed by atoms with Gasteiger partial charge in [0.15, 0.2) is 5.82 Å². The number of anilines is 1. The van der Waals surface area contributed by atoms with Gasteiger partial charge in [-0.25, -0.2) is 4.39 Å². The first-order valence-electron chi connectivity index (χ1n) is 8.41. The third kappa shape index (κ3) is 3.76. The zero-order valence-electron chi connectivity index (χ0n) is 14.0. The first-order valence-corrected chi connectivity index (χ1v) is 9.20. The average molecular weight is 414 g/mol. The Morgan fingerprint density at radius 2 is 1.73 bits per heavy atom. The molecule has 0 aliphatic carbocycles. The molecule has 2 aromatic carbocycles. The van der Waals surface area contributed by atoms with Crippen molar-refractivity contribution in [2.45, 2.75) is 6.10 Å². The molecule has 4 nitrogen and oxygen atoms in total. The van der Waals surface area contributed by atoms with Crippen molar-refractivity contribution in [3.8, 4) is 11.3 Å². The standard InChI is InChI=1S/C20H17BrFN3O/c21-16-5-1-15(2-6-16)19-13-25(11-12-26-19)20-10-9-18(23-24-20)14-3-7-17(22)8-4-14/h1-10,19H,11-13H2. The molecule has 1 unspecified atom stereocenters. The number of aromatic nitrogens is 2. The first-order chi connectivity index (χ1) is 12.7. The topological polar surface area (TPSA) is 38.2 Å². The molecule has 1 fully saturated rings. The van der Waals surface area contributed by atoms with Crippen molar-refractivity contribution >= 4 is 21.7 Å². The highest BCUT2D eigenvalue weighted by molar-refractivity contribution is 9.10. The van der Waals surface area contributed by atoms with Gasteiger partial charge in [0.05, 0.1) is 12.3 Å². The van der Waals surface area contributed by atoms with Crippen molar-refractivity contribution in [1.29, 1.82) is 0 Å². The molecule has 0 amide bonds. The number of morpholine rings is 1. The lowest BCUT2D eigenvalue weighted by Gasteiger charge is -2.33. The van der Waals surface area contributed by atoms with Gasteiger partial charge in [-0.1, -0.05) is 28.1 Å². The molecule has 0 bridgehead atoms. The summed E-state index contributed by atoms with van der Waals surface area (Å²) in [4.78, 5) is 2.18. The predicted octanol–water partition coefficient (Wildman–Crippen LogP) is 4.62. The summed E-state index contributed by atoms with van der Waals surface area (Å²) in [6.45, 7) is 2.14. The van der Waals surface area contributed by atoms with Gasteiger partial charge >= 0.3 is 0 Å². The van der Waals surface area contributed by atoms with Crippen LogP contribution >= 0.6 is 15.9 Å². The van der Waals surface area contributed by atoms with E-state index in [0.717, 1.165) is 40.2 Å². The first kappa shape index (κ1) is 17.1. The van der Waals surface area contributed by atoms with E-state index < -0.39 is 0 Å². The van der Waals surface area contributed by atoms with E-state index >= 15 is 0 Å². The van der Waals surface area contributed by atoms with Crippen molar-refractivity contribution in [1.82, 2.24) is 10.2 Å². The summed E-state index contributed by atoms with van der Waals surface area (Å²) < 4.78 is 20.0. The maximum atomic E-state index is 13.1. The van der Waals surface area contributed by atoms with Crippen LogP contribution in [0.3, 0.4) is 0 Å². The summed E-state index contributed by atoms with van der Waals surface area (Å²) in [5, 5.41) is 8.66. The summed E-state index contributed by atoms with van der Waals surface area (Å²) in [7, 11) is 0. The van der Waals surface area contributed by atoms with E-state index in [-0.39, 0.29) is 11.9 Å². The number of halogens is 2. The van der Waals surface area contributed by atoms with Crippen LogP contribution in [0.15, 0.2) is 65.1 Å². The zero-order chi connectivity index (χ0) is 17.9. The van der Waals surface area contributed by atoms with E-state index in [1.165, 1.54) is 12.1 Å². The molecular formula is C20H17BrFN3O. The minimum absolute atomic E-state index is 0.00965. The van der Waals surface area contributed by atoms with E-state index in [2.05, 4.69) is 43.2 Å². The number of benzene rings is 2. The van der Waals surface area contributed by atoms with Gasteiger partial charge < -0.3 is 9.64 Å². The molecule has 0 N–H and O–H groups in total.